The molecular formula is C17H13BrClNO3S2. The summed E-state index contributed by atoms with van der Waals surface area (Å²) in [6, 6.07) is 11.9. The van der Waals surface area contributed by atoms with Gasteiger partial charge in [0.15, 0.2) is 5.78 Å². The summed E-state index contributed by atoms with van der Waals surface area (Å²) in [7, 11) is -3.77. The standard InChI is InChI=1S/C17H13BrClNO3S2/c18-15-8-9-16(24-15)25(22,23)20-14-7-6-12(19)10-13(14)17(21)11-4-2-1-3-5-11/h1-5,7-10,12,20H,6H2. The molecule has 3 rings (SSSR count). The Balaban J connectivity index is 1.92. The second-order valence-electron chi connectivity index (χ2n) is 5.31. The van der Waals surface area contributed by atoms with Crippen molar-refractivity contribution in [3.8, 4) is 0 Å². The summed E-state index contributed by atoms with van der Waals surface area (Å²) < 4.78 is 28.5. The zero-order valence-electron chi connectivity index (χ0n) is 12.8. The first kappa shape index (κ1) is 18.4. The van der Waals surface area contributed by atoms with Crippen molar-refractivity contribution >= 4 is 54.7 Å². The number of thiophene rings is 1. The molecule has 0 fully saturated rings. The van der Waals surface area contributed by atoms with Crippen molar-refractivity contribution in [2.24, 2.45) is 0 Å². The van der Waals surface area contributed by atoms with Crippen LogP contribution in [0.2, 0.25) is 0 Å². The lowest BCUT2D eigenvalue weighted by molar-refractivity contribution is 0.103. The Morgan fingerprint density at radius 2 is 1.92 bits per heavy atom. The van der Waals surface area contributed by atoms with Crippen LogP contribution in [0.1, 0.15) is 16.8 Å². The van der Waals surface area contributed by atoms with Gasteiger partial charge in [0.2, 0.25) is 0 Å². The minimum atomic E-state index is -3.77. The predicted octanol–water partition coefficient (Wildman–Crippen LogP) is 4.49. The van der Waals surface area contributed by atoms with Gasteiger partial charge in [-0.1, -0.05) is 42.5 Å². The van der Waals surface area contributed by atoms with E-state index in [0.717, 1.165) is 11.3 Å². The Labute approximate surface area is 163 Å². The third kappa shape index (κ3) is 4.23. The maximum Gasteiger partial charge on any atom is 0.271 e. The second kappa shape index (κ2) is 7.45. The zero-order valence-corrected chi connectivity index (χ0v) is 16.8. The summed E-state index contributed by atoms with van der Waals surface area (Å²) in [4.78, 5) is 12.8. The molecule has 1 unspecified atom stereocenters. The van der Waals surface area contributed by atoms with Gasteiger partial charge in [0, 0.05) is 11.1 Å². The van der Waals surface area contributed by atoms with Gasteiger partial charge in [-0.05, 0) is 34.5 Å². The highest BCUT2D eigenvalue weighted by molar-refractivity contribution is 9.11. The summed E-state index contributed by atoms with van der Waals surface area (Å²) in [5, 5.41) is -0.355. The molecule has 0 saturated heterocycles. The molecule has 1 N–H and O–H groups in total. The van der Waals surface area contributed by atoms with Crippen LogP contribution in [0.3, 0.4) is 0 Å². The monoisotopic (exact) mass is 457 g/mol. The van der Waals surface area contributed by atoms with Crippen LogP contribution in [-0.4, -0.2) is 19.6 Å². The molecule has 1 heterocycles. The van der Waals surface area contributed by atoms with Gasteiger partial charge in [-0.3, -0.25) is 9.52 Å². The molecule has 0 amide bonds. The number of hydrogen-bond donors (Lipinski definition) is 1. The van der Waals surface area contributed by atoms with Crippen molar-refractivity contribution in [3.05, 3.63) is 75.2 Å². The van der Waals surface area contributed by atoms with E-state index in [0.29, 0.717) is 15.8 Å². The van der Waals surface area contributed by atoms with Gasteiger partial charge in [0.25, 0.3) is 10.0 Å². The van der Waals surface area contributed by atoms with E-state index in [1.54, 1.807) is 42.5 Å². The third-order valence-corrected chi connectivity index (χ3v) is 7.31. The number of alkyl halides is 1. The smallest absolute Gasteiger partial charge is 0.271 e. The summed E-state index contributed by atoms with van der Waals surface area (Å²) >= 11 is 10.5. The lowest BCUT2D eigenvalue weighted by atomic mass is 9.95. The first-order valence-corrected chi connectivity index (χ1v) is 10.8. The highest BCUT2D eigenvalue weighted by atomic mass is 79.9. The van der Waals surface area contributed by atoms with Crippen molar-refractivity contribution in [2.45, 2.75) is 16.0 Å². The molecule has 25 heavy (non-hydrogen) atoms. The van der Waals surface area contributed by atoms with Gasteiger partial charge in [0.1, 0.15) is 4.21 Å². The molecule has 1 aliphatic rings. The number of hydrogen-bond acceptors (Lipinski definition) is 4. The Kier molecular flexibility index (Phi) is 5.48. The van der Waals surface area contributed by atoms with Crippen molar-refractivity contribution in [2.75, 3.05) is 0 Å². The molecule has 0 radical (unpaired) electrons. The third-order valence-electron chi connectivity index (χ3n) is 3.52. The van der Waals surface area contributed by atoms with Gasteiger partial charge >= 0.3 is 0 Å². The molecule has 1 aromatic carbocycles. The first-order chi connectivity index (χ1) is 11.9. The Morgan fingerprint density at radius 1 is 1.20 bits per heavy atom. The van der Waals surface area contributed by atoms with Crippen LogP contribution < -0.4 is 4.72 Å². The number of halogens is 2. The van der Waals surface area contributed by atoms with Crippen LogP contribution >= 0.6 is 38.9 Å². The van der Waals surface area contributed by atoms with Crippen molar-refractivity contribution < 1.29 is 13.2 Å². The molecule has 1 atom stereocenters. The lowest BCUT2D eigenvalue weighted by Gasteiger charge is -2.19. The van der Waals surface area contributed by atoms with Gasteiger partial charge < -0.3 is 0 Å². The summed E-state index contributed by atoms with van der Waals surface area (Å²) in [6.45, 7) is 0. The molecule has 8 heteroatoms. The van der Waals surface area contributed by atoms with E-state index in [9.17, 15) is 13.2 Å². The van der Waals surface area contributed by atoms with Crippen LogP contribution in [0.5, 0.6) is 0 Å². The Bertz CT molecular complexity index is 965. The van der Waals surface area contributed by atoms with Crippen molar-refractivity contribution in [1.29, 1.82) is 0 Å². The predicted molar refractivity (Wildman–Crippen MR) is 104 cm³/mol. The van der Waals surface area contributed by atoms with Crippen molar-refractivity contribution in [3.63, 3.8) is 0 Å². The van der Waals surface area contributed by atoms with E-state index in [1.165, 1.54) is 6.07 Å². The van der Waals surface area contributed by atoms with E-state index in [4.69, 9.17) is 11.6 Å². The fourth-order valence-corrected chi connectivity index (χ4v) is 5.68. The number of Topliss-reactive ketones (excluding diaryl/α,β-unsaturated/α-hetero) is 1. The van der Waals surface area contributed by atoms with Crippen LogP contribution in [0.25, 0.3) is 0 Å². The van der Waals surface area contributed by atoms with E-state index in [1.807, 2.05) is 6.07 Å². The number of benzene rings is 1. The fraction of sp³-hybridized carbons (Fsp3) is 0.118. The molecule has 4 nitrogen and oxygen atoms in total. The fourth-order valence-electron chi connectivity index (χ4n) is 2.36. The summed E-state index contributed by atoms with van der Waals surface area (Å²) in [5.74, 6) is -0.271. The first-order valence-electron chi connectivity index (χ1n) is 7.31. The Morgan fingerprint density at radius 3 is 2.56 bits per heavy atom. The van der Waals surface area contributed by atoms with Crippen LogP contribution in [-0.2, 0) is 10.0 Å². The van der Waals surface area contributed by atoms with Crippen LogP contribution in [0, 0.1) is 0 Å². The number of ketones is 1. The van der Waals surface area contributed by atoms with Gasteiger partial charge in [-0.2, -0.15) is 0 Å². The number of nitrogens with one attached hydrogen (secondary N) is 1. The minimum absolute atomic E-state index is 0.166. The topological polar surface area (TPSA) is 63.2 Å². The number of carbonyl (C=O) groups excluding carboxylic acids is 1. The van der Waals surface area contributed by atoms with Crippen LogP contribution in [0.4, 0.5) is 0 Å². The normalized spacial score (nSPS) is 17.6. The Hall–Kier alpha value is -1.41. The maximum absolute atomic E-state index is 12.8. The average molecular weight is 459 g/mol. The lowest BCUT2D eigenvalue weighted by Crippen LogP contribution is -2.28. The second-order valence-corrected chi connectivity index (χ2v) is 10.2. The summed E-state index contributed by atoms with van der Waals surface area (Å²) in [6.07, 6.45) is 3.69. The van der Waals surface area contributed by atoms with E-state index in [-0.39, 0.29) is 26.6 Å². The highest BCUT2D eigenvalue weighted by Gasteiger charge is 2.26. The van der Waals surface area contributed by atoms with E-state index < -0.39 is 10.0 Å². The quantitative estimate of drug-likeness (QED) is 0.530. The molecule has 0 bridgehead atoms. The molecule has 2 aromatic rings. The largest absolute Gasteiger partial charge is 0.289 e. The number of rotatable bonds is 5. The molecule has 0 saturated carbocycles. The number of allylic oxidation sites excluding steroid dienone is 3. The minimum Gasteiger partial charge on any atom is -0.289 e. The zero-order chi connectivity index (χ0) is 18.0. The molecule has 130 valence electrons. The summed E-state index contributed by atoms with van der Waals surface area (Å²) in [5.41, 5.74) is 0.996. The van der Waals surface area contributed by atoms with Crippen molar-refractivity contribution in [1.82, 2.24) is 4.72 Å². The molecule has 1 aromatic heterocycles. The van der Waals surface area contributed by atoms with Crippen LogP contribution in [0.15, 0.2) is 73.9 Å². The number of sulfonamides is 1. The SMILES string of the molecule is O=C(C1=CC(Cl)CC=C1NS(=O)(=O)c1ccc(Br)s1)c1ccccc1. The molecule has 1 aliphatic carbocycles. The van der Waals surface area contributed by atoms with Gasteiger partial charge in [0.05, 0.1) is 14.9 Å². The highest BCUT2D eigenvalue weighted by Crippen LogP contribution is 2.29. The molecule has 0 aliphatic heterocycles. The average Bonchev–Trinajstić information content (AvgIpc) is 3.04. The van der Waals surface area contributed by atoms with Gasteiger partial charge in [-0.15, -0.1) is 22.9 Å². The van der Waals surface area contributed by atoms with Gasteiger partial charge in [-0.25, -0.2) is 8.42 Å². The van der Waals surface area contributed by atoms with E-state index in [2.05, 4.69) is 20.7 Å². The maximum atomic E-state index is 12.8. The number of carbonyl (C=O) groups is 1. The molecular weight excluding hydrogens is 446 g/mol. The van der Waals surface area contributed by atoms with E-state index >= 15 is 0 Å². The molecule has 0 spiro atoms.